The van der Waals surface area contributed by atoms with Crippen LogP contribution in [0.4, 0.5) is 0 Å². The van der Waals surface area contributed by atoms with E-state index in [9.17, 15) is 8.42 Å². The molecule has 2 aliphatic carbocycles. The van der Waals surface area contributed by atoms with Crippen molar-refractivity contribution >= 4 is 9.84 Å². The van der Waals surface area contributed by atoms with Crippen LogP contribution in [0, 0.1) is 0 Å². The molecule has 122 valence electrons. The van der Waals surface area contributed by atoms with E-state index < -0.39 is 9.84 Å². The van der Waals surface area contributed by atoms with Gasteiger partial charge in [-0.2, -0.15) is 0 Å². The summed E-state index contributed by atoms with van der Waals surface area (Å²) in [6.45, 7) is 0. The third-order valence-electron chi connectivity index (χ3n) is 5.28. The molecule has 0 radical (unpaired) electrons. The summed E-state index contributed by atoms with van der Waals surface area (Å²) in [6.07, 6.45) is 12.3. The molecule has 0 aromatic carbocycles. The lowest BCUT2D eigenvalue weighted by Crippen LogP contribution is -2.52. The fraction of sp³-hybridized carbons (Fsp3) is 1.00. The third-order valence-corrected chi connectivity index (χ3v) is 7.11. The molecule has 1 N–H and O–H groups in total. The molecule has 5 heteroatoms. The number of ether oxygens (including phenoxy) is 1. The molecule has 0 spiro atoms. The Morgan fingerprint density at radius 1 is 0.857 bits per heavy atom. The Balaban J connectivity index is 1.56. The average Bonchev–Trinajstić information content (AvgIpc) is 2.93. The SMILES string of the molecule is O=S1(=O)CCC[C@H](N[C@@H]2CCCC[C@H]2OC2CCCC2)C1. The zero-order chi connectivity index (χ0) is 14.7. The van der Waals surface area contributed by atoms with Crippen LogP contribution in [-0.4, -0.2) is 44.2 Å². The Morgan fingerprint density at radius 2 is 1.57 bits per heavy atom. The lowest BCUT2D eigenvalue weighted by atomic mass is 9.91. The van der Waals surface area contributed by atoms with Crippen molar-refractivity contribution in [2.24, 2.45) is 0 Å². The summed E-state index contributed by atoms with van der Waals surface area (Å²) >= 11 is 0. The fourth-order valence-corrected chi connectivity index (χ4v) is 5.83. The third kappa shape index (κ3) is 4.42. The zero-order valence-electron chi connectivity index (χ0n) is 12.9. The van der Waals surface area contributed by atoms with Crippen molar-refractivity contribution in [3.05, 3.63) is 0 Å². The van der Waals surface area contributed by atoms with Crippen molar-refractivity contribution in [2.45, 2.75) is 88.5 Å². The predicted molar refractivity (Wildman–Crippen MR) is 84.2 cm³/mol. The lowest BCUT2D eigenvalue weighted by molar-refractivity contribution is -0.0452. The van der Waals surface area contributed by atoms with Gasteiger partial charge in [-0.15, -0.1) is 0 Å². The van der Waals surface area contributed by atoms with Crippen LogP contribution in [0.1, 0.15) is 64.2 Å². The van der Waals surface area contributed by atoms with Crippen molar-refractivity contribution in [3.8, 4) is 0 Å². The summed E-state index contributed by atoms with van der Waals surface area (Å²) in [5, 5.41) is 3.63. The Morgan fingerprint density at radius 3 is 2.33 bits per heavy atom. The fourth-order valence-electron chi connectivity index (χ4n) is 4.18. The van der Waals surface area contributed by atoms with Crippen LogP contribution < -0.4 is 5.32 Å². The van der Waals surface area contributed by atoms with Crippen LogP contribution in [0.3, 0.4) is 0 Å². The van der Waals surface area contributed by atoms with Crippen LogP contribution in [0.2, 0.25) is 0 Å². The van der Waals surface area contributed by atoms with E-state index in [1.165, 1.54) is 38.5 Å². The van der Waals surface area contributed by atoms with E-state index in [1.54, 1.807) is 0 Å². The van der Waals surface area contributed by atoms with Crippen LogP contribution in [-0.2, 0) is 14.6 Å². The van der Waals surface area contributed by atoms with E-state index in [4.69, 9.17) is 4.74 Å². The highest BCUT2D eigenvalue weighted by atomic mass is 32.2. The second-order valence-corrected chi connectivity index (χ2v) is 9.32. The summed E-state index contributed by atoms with van der Waals surface area (Å²) in [5.74, 6) is 0.692. The van der Waals surface area contributed by atoms with E-state index in [0.717, 1.165) is 25.7 Å². The molecule has 0 amide bonds. The first-order valence-electron chi connectivity index (χ1n) is 8.74. The van der Waals surface area contributed by atoms with Gasteiger partial charge in [0, 0.05) is 12.1 Å². The van der Waals surface area contributed by atoms with Gasteiger partial charge in [0.2, 0.25) is 0 Å². The first-order valence-corrected chi connectivity index (χ1v) is 10.6. The van der Waals surface area contributed by atoms with Crippen molar-refractivity contribution in [3.63, 3.8) is 0 Å². The lowest BCUT2D eigenvalue weighted by Gasteiger charge is -2.37. The van der Waals surface area contributed by atoms with Gasteiger partial charge in [-0.1, -0.05) is 25.7 Å². The van der Waals surface area contributed by atoms with Crippen molar-refractivity contribution < 1.29 is 13.2 Å². The van der Waals surface area contributed by atoms with E-state index in [-0.39, 0.29) is 6.04 Å². The smallest absolute Gasteiger partial charge is 0.151 e. The van der Waals surface area contributed by atoms with Gasteiger partial charge in [0.15, 0.2) is 9.84 Å². The Labute approximate surface area is 128 Å². The van der Waals surface area contributed by atoms with E-state index in [1.807, 2.05) is 0 Å². The number of sulfone groups is 1. The second kappa shape index (κ2) is 6.97. The largest absolute Gasteiger partial charge is 0.373 e. The molecule has 3 fully saturated rings. The maximum atomic E-state index is 11.8. The van der Waals surface area contributed by atoms with Crippen molar-refractivity contribution in [1.29, 1.82) is 0 Å². The molecule has 21 heavy (non-hydrogen) atoms. The Hall–Kier alpha value is -0.130. The maximum absolute atomic E-state index is 11.8. The van der Waals surface area contributed by atoms with Crippen molar-refractivity contribution in [2.75, 3.05) is 11.5 Å². The molecule has 2 saturated carbocycles. The minimum absolute atomic E-state index is 0.140. The number of hydrogen-bond acceptors (Lipinski definition) is 4. The Kier molecular flexibility index (Phi) is 5.23. The van der Waals surface area contributed by atoms with Gasteiger partial charge in [0.05, 0.1) is 23.7 Å². The standard InChI is InChI=1S/C16H29NO3S/c18-21(19)11-5-6-13(12-21)17-15-9-3-4-10-16(15)20-14-7-1-2-8-14/h13-17H,1-12H2/t13-,15+,16+/m0/s1. The van der Waals surface area contributed by atoms with Gasteiger partial charge in [-0.05, 0) is 38.5 Å². The molecule has 0 aromatic rings. The molecule has 4 nitrogen and oxygen atoms in total. The van der Waals surface area contributed by atoms with E-state index in [2.05, 4.69) is 5.32 Å². The molecule has 0 bridgehead atoms. The van der Waals surface area contributed by atoms with E-state index in [0.29, 0.717) is 29.8 Å². The molecule has 0 aromatic heterocycles. The first kappa shape index (κ1) is 15.8. The van der Waals surface area contributed by atoms with Crippen LogP contribution in [0.25, 0.3) is 0 Å². The summed E-state index contributed by atoms with van der Waals surface area (Å²) in [6, 6.07) is 0.499. The molecule has 1 heterocycles. The highest BCUT2D eigenvalue weighted by molar-refractivity contribution is 7.91. The van der Waals surface area contributed by atoms with Gasteiger partial charge in [0.1, 0.15) is 0 Å². The van der Waals surface area contributed by atoms with E-state index >= 15 is 0 Å². The van der Waals surface area contributed by atoms with Gasteiger partial charge < -0.3 is 10.1 Å². The molecular formula is C16H29NO3S. The quantitative estimate of drug-likeness (QED) is 0.865. The molecule has 0 unspecified atom stereocenters. The molecule has 1 aliphatic heterocycles. The highest BCUT2D eigenvalue weighted by Crippen LogP contribution is 2.29. The topological polar surface area (TPSA) is 55.4 Å². The number of nitrogens with one attached hydrogen (secondary N) is 1. The van der Waals surface area contributed by atoms with Crippen LogP contribution in [0.5, 0.6) is 0 Å². The average molecular weight is 315 g/mol. The summed E-state index contributed by atoms with van der Waals surface area (Å²) < 4.78 is 29.9. The van der Waals surface area contributed by atoms with Gasteiger partial charge in [-0.3, -0.25) is 0 Å². The summed E-state index contributed by atoms with van der Waals surface area (Å²) in [5.41, 5.74) is 0. The molecule has 3 aliphatic rings. The van der Waals surface area contributed by atoms with Gasteiger partial charge in [-0.25, -0.2) is 8.42 Å². The van der Waals surface area contributed by atoms with Crippen LogP contribution in [0.15, 0.2) is 0 Å². The first-order chi connectivity index (χ1) is 10.1. The monoisotopic (exact) mass is 315 g/mol. The van der Waals surface area contributed by atoms with Gasteiger partial charge >= 0.3 is 0 Å². The molecule has 3 atom stereocenters. The highest BCUT2D eigenvalue weighted by Gasteiger charge is 2.33. The van der Waals surface area contributed by atoms with Gasteiger partial charge in [0.25, 0.3) is 0 Å². The molecular weight excluding hydrogens is 286 g/mol. The summed E-state index contributed by atoms with van der Waals surface area (Å²) in [4.78, 5) is 0. The minimum atomic E-state index is -2.83. The van der Waals surface area contributed by atoms with Crippen molar-refractivity contribution in [1.82, 2.24) is 5.32 Å². The molecule has 1 saturated heterocycles. The zero-order valence-corrected chi connectivity index (χ0v) is 13.7. The normalized spacial score (nSPS) is 37.6. The minimum Gasteiger partial charge on any atom is -0.373 e. The van der Waals surface area contributed by atoms with Crippen LogP contribution >= 0.6 is 0 Å². The maximum Gasteiger partial charge on any atom is 0.151 e. The Bertz CT molecular complexity index is 431. The molecule has 3 rings (SSSR count). The summed E-state index contributed by atoms with van der Waals surface area (Å²) in [7, 11) is -2.83. The number of rotatable bonds is 4. The predicted octanol–water partition coefficient (Wildman–Crippen LogP) is 2.42. The number of hydrogen-bond donors (Lipinski definition) is 1. The second-order valence-electron chi connectivity index (χ2n) is 7.09.